The molecule has 1 heterocycles. The average Bonchev–Trinajstić information content (AvgIpc) is 2.70. The van der Waals surface area contributed by atoms with Crippen LogP contribution in [0.1, 0.15) is 39.2 Å². The molecule has 1 aromatic carbocycles. The smallest absolute Gasteiger partial charge is 0.330 e. The number of nitrogens with one attached hydrogen (secondary N) is 1. The molecule has 0 bridgehead atoms. The van der Waals surface area contributed by atoms with E-state index in [-0.39, 0.29) is 35.2 Å². The van der Waals surface area contributed by atoms with Gasteiger partial charge in [-0.05, 0) is 24.5 Å². The van der Waals surface area contributed by atoms with Crippen LogP contribution < -0.4 is 21.9 Å². The highest BCUT2D eigenvalue weighted by Gasteiger charge is 2.24. The zero-order valence-electron chi connectivity index (χ0n) is 17.8. The lowest BCUT2D eigenvalue weighted by Gasteiger charge is -2.25. The molecule has 0 aliphatic carbocycles. The average molecular weight is 429 g/mol. The molecule has 0 spiro atoms. The van der Waals surface area contributed by atoms with E-state index < -0.39 is 22.1 Å². The minimum atomic E-state index is -0.761. The maximum absolute atomic E-state index is 13.0. The van der Waals surface area contributed by atoms with Gasteiger partial charge in [0.2, 0.25) is 0 Å². The van der Waals surface area contributed by atoms with Gasteiger partial charge < -0.3 is 10.6 Å². The molecule has 10 nitrogen and oxygen atoms in total. The van der Waals surface area contributed by atoms with Gasteiger partial charge in [0.05, 0.1) is 10.5 Å². The van der Waals surface area contributed by atoms with Crippen LogP contribution >= 0.6 is 0 Å². The molecule has 0 saturated heterocycles. The summed E-state index contributed by atoms with van der Waals surface area (Å²) in [5.41, 5.74) is 4.75. The highest BCUT2D eigenvalue weighted by atomic mass is 16.6. The fourth-order valence-corrected chi connectivity index (χ4v) is 3.08. The lowest BCUT2D eigenvalue weighted by molar-refractivity contribution is -0.385. The summed E-state index contributed by atoms with van der Waals surface area (Å²) < 4.78 is 1.24. The van der Waals surface area contributed by atoms with E-state index in [2.05, 4.69) is 4.98 Å². The van der Waals surface area contributed by atoms with E-state index in [1.807, 2.05) is 20.8 Å². The summed E-state index contributed by atoms with van der Waals surface area (Å²) in [6.07, 6.45) is 3.97. The second-order valence-electron chi connectivity index (χ2n) is 7.49. The minimum Gasteiger partial charge on any atom is -0.383 e. The van der Waals surface area contributed by atoms with Crippen molar-refractivity contribution in [1.82, 2.24) is 9.55 Å². The molecular formula is C21H27N5O5. The van der Waals surface area contributed by atoms with E-state index in [1.54, 1.807) is 6.07 Å². The number of benzene rings is 1. The number of nitrogens with zero attached hydrogens (tertiary/aromatic N) is 3. The molecule has 10 heteroatoms. The zero-order chi connectivity index (χ0) is 23.1. The van der Waals surface area contributed by atoms with Crippen LogP contribution in [0.5, 0.6) is 0 Å². The number of aromatic amines is 1. The van der Waals surface area contributed by atoms with Gasteiger partial charge in [-0.3, -0.25) is 29.3 Å². The Kier molecular flexibility index (Phi) is 7.89. The van der Waals surface area contributed by atoms with Gasteiger partial charge in [0.25, 0.3) is 17.2 Å². The Labute approximate surface area is 179 Å². The topological polar surface area (TPSA) is 144 Å². The van der Waals surface area contributed by atoms with Gasteiger partial charge in [0.1, 0.15) is 5.82 Å². The van der Waals surface area contributed by atoms with E-state index in [0.717, 1.165) is 12.5 Å². The lowest BCUT2D eigenvalue weighted by atomic mass is 10.1. The molecule has 0 radical (unpaired) electrons. The van der Waals surface area contributed by atoms with E-state index in [0.29, 0.717) is 13.0 Å². The van der Waals surface area contributed by atoms with Crippen LogP contribution in [0.15, 0.2) is 39.9 Å². The summed E-state index contributed by atoms with van der Waals surface area (Å²) in [5.74, 6) is -0.682. The SMILES string of the molecule is CCCCn1c(N)c(N(CC(C)C)C(=O)/C=C/c2ccccc2[N+](=O)[O-])c(=O)[nH]c1=O. The summed E-state index contributed by atoms with van der Waals surface area (Å²) in [4.78, 5) is 51.9. The van der Waals surface area contributed by atoms with Gasteiger partial charge in [-0.25, -0.2) is 4.79 Å². The molecule has 0 aliphatic heterocycles. The number of hydrogen-bond donors (Lipinski definition) is 2. The number of carbonyl (C=O) groups is 1. The first-order valence-electron chi connectivity index (χ1n) is 10.0. The van der Waals surface area contributed by atoms with Gasteiger partial charge in [0.15, 0.2) is 5.69 Å². The van der Waals surface area contributed by atoms with Gasteiger partial charge in [0, 0.05) is 25.2 Å². The maximum atomic E-state index is 13.0. The first-order valence-corrected chi connectivity index (χ1v) is 10.0. The third kappa shape index (κ3) is 5.68. The summed E-state index contributed by atoms with van der Waals surface area (Å²) >= 11 is 0. The molecule has 0 aliphatic rings. The second-order valence-corrected chi connectivity index (χ2v) is 7.49. The van der Waals surface area contributed by atoms with Crippen LogP contribution in [0.25, 0.3) is 6.08 Å². The van der Waals surface area contributed by atoms with E-state index in [4.69, 9.17) is 5.73 Å². The molecule has 0 unspecified atom stereocenters. The summed E-state index contributed by atoms with van der Waals surface area (Å²) in [7, 11) is 0. The van der Waals surface area contributed by atoms with Crippen molar-refractivity contribution in [2.24, 2.45) is 5.92 Å². The Bertz CT molecular complexity index is 1100. The van der Waals surface area contributed by atoms with Crippen LogP contribution in [0.2, 0.25) is 0 Å². The number of aromatic nitrogens is 2. The number of anilines is 2. The van der Waals surface area contributed by atoms with Crippen molar-refractivity contribution in [2.75, 3.05) is 17.2 Å². The Morgan fingerprint density at radius 1 is 1.32 bits per heavy atom. The standard InChI is InChI=1S/C21H27N5O5/c1-4-5-12-24-19(22)18(20(28)23-21(24)29)25(13-14(2)3)17(27)11-10-15-8-6-7-9-16(15)26(30)31/h6-11,14H,4-5,12-13,22H2,1-3H3,(H,23,28,29)/b11-10+. The van der Waals surface area contributed by atoms with Crippen molar-refractivity contribution in [2.45, 2.75) is 40.2 Å². The maximum Gasteiger partial charge on any atom is 0.330 e. The number of amides is 1. The summed E-state index contributed by atoms with van der Waals surface area (Å²) in [6.45, 7) is 6.16. The van der Waals surface area contributed by atoms with Crippen molar-refractivity contribution >= 4 is 29.2 Å². The summed E-state index contributed by atoms with van der Waals surface area (Å²) in [5, 5.41) is 11.2. The van der Waals surface area contributed by atoms with Crippen molar-refractivity contribution in [3.63, 3.8) is 0 Å². The Morgan fingerprint density at radius 2 is 2.00 bits per heavy atom. The summed E-state index contributed by atoms with van der Waals surface area (Å²) in [6, 6.07) is 6.00. The fraction of sp³-hybridized carbons (Fsp3) is 0.381. The third-order valence-corrected chi connectivity index (χ3v) is 4.57. The number of nitrogens with two attached hydrogens (primary N) is 1. The molecule has 0 fully saturated rings. The van der Waals surface area contributed by atoms with Crippen LogP contribution in [0.4, 0.5) is 17.2 Å². The highest BCUT2D eigenvalue weighted by molar-refractivity contribution is 6.05. The zero-order valence-corrected chi connectivity index (χ0v) is 17.8. The quantitative estimate of drug-likeness (QED) is 0.356. The number of para-hydroxylation sites is 1. The molecule has 3 N–H and O–H groups in total. The first-order chi connectivity index (χ1) is 14.7. The van der Waals surface area contributed by atoms with Crippen molar-refractivity contribution < 1.29 is 9.72 Å². The van der Waals surface area contributed by atoms with Crippen LogP contribution in [0.3, 0.4) is 0 Å². The van der Waals surface area contributed by atoms with Crippen molar-refractivity contribution in [1.29, 1.82) is 0 Å². The number of unbranched alkanes of at least 4 members (excludes halogenated alkanes) is 1. The molecule has 2 rings (SSSR count). The second kappa shape index (κ2) is 10.4. The normalized spacial score (nSPS) is 11.2. The minimum absolute atomic E-state index is 0.0155. The predicted molar refractivity (Wildman–Crippen MR) is 120 cm³/mol. The van der Waals surface area contributed by atoms with Gasteiger partial charge in [-0.2, -0.15) is 0 Å². The predicted octanol–water partition coefficient (Wildman–Crippen LogP) is 2.53. The first kappa shape index (κ1) is 23.6. The Balaban J connectivity index is 2.52. The van der Waals surface area contributed by atoms with Crippen LogP contribution in [-0.4, -0.2) is 26.9 Å². The van der Waals surface area contributed by atoms with Crippen LogP contribution in [0, 0.1) is 16.0 Å². The number of nitro benzene ring substituents is 1. The largest absolute Gasteiger partial charge is 0.383 e. The molecule has 1 aromatic heterocycles. The number of rotatable bonds is 9. The van der Waals surface area contributed by atoms with Crippen molar-refractivity contribution in [3.8, 4) is 0 Å². The van der Waals surface area contributed by atoms with E-state index in [9.17, 15) is 24.5 Å². The molecular weight excluding hydrogens is 402 g/mol. The third-order valence-electron chi connectivity index (χ3n) is 4.57. The van der Waals surface area contributed by atoms with E-state index in [1.165, 1.54) is 33.7 Å². The Morgan fingerprint density at radius 3 is 2.61 bits per heavy atom. The monoisotopic (exact) mass is 429 g/mol. The fourth-order valence-electron chi connectivity index (χ4n) is 3.08. The number of H-pyrrole nitrogens is 1. The molecule has 166 valence electrons. The Hall–Kier alpha value is -3.69. The van der Waals surface area contributed by atoms with Gasteiger partial charge in [-0.1, -0.05) is 39.3 Å². The van der Waals surface area contributed by atoms with Gasteiger partial charge in [-0.15, -0.1) is 0 Å². The van der Waals surface area contributed by atoms with E-state index >= 15 is 0 Å². The molecule has 31 heavy (non-hydrogen) atoms. The molecule has 2 aromatic rings. The molecule has 1 amide bonds. The lowest BCUT2D eigenvalue weighted by Crippen LogP contribution is -2.42. The van der Waals surface area contributed by atoms with Gasteiger partial charge >= 0.3 is 5.69 Å². The molecule has 0 atom stereocenters. The van der Waals surface area contributed by atoms with Crippen molar-refractivity contribution in [3.05, 3.63) is 66.9 Å². The number of nitrogen functional groups attached to an aromatic ring is 1. The number of hydrogen-bond acceptors (Lipinski definition) is 6. The number of nitro groups is 1. The number of carbonyl (C=O) groups excluding carboxylic acids is 1. The molecule has 0 saturated carbocycles. The van der Waals surface area contributed by atoms with Crippen LogP contribution in [-0.2, 0) is 11.3 Å². The highest BCUT2D eigenvalue weighted by Crippen LogP contribution is 2.22.